The van der Waals surface area contributed by atoms with Crippen molar-refractivity contribution in [3.8, 4) is 5.75 Å². The third kappa shape index (κ3) is 3.58. The summed E-state index contributed by atoms with van der Waals surface area (Å²) in [6, 6.07) is 9.86. The van der Waals surface area contributed by atoms with E-state index < -0.39 is 5.63 Å². The fourth-order valence-electron chi connectivity index (χ4n) is 0.734. The van der Waals surface area contributed by atoms with Gasteiger partial charge in [0, 0.05) is 6.42 Å². The molecule has 1 atom stereocenters. The number of rotatable bonds is 4. The van der Waals surface area contributed by atoms with Crippen LogP contribution in [0.4, 0.5) is 4.39 Å². The van der Waals surface area contributed by atoms with Gasteiger partial charge < -0.3 is 4.74 Å². The van der Waals surface area contributed by atoms with Crippen LogP contribution in [0, 0.1) is 6.07 Å². The van der Waals surface area contributed by atoms with Gasteiger partial charge in [-0.3, -0.25) is 0 Å². The summed E-state index contributed by atoms with van der Waals surface area (Å²) in [5.74, 6) is 0.714. The minimum absolute atomic E-state index is 0.208. The van der Waals surface area contributed by atoms with Crippen molar-refractivity contribution in [3.05, 3.63) is 30.3 Å². The summed E-state index contributed by atoms with van der Waals surface area (Å²) in [4.78, 5) is 0. The molecule has 3 heteroatoms. The average Bonchev–Trinajstić information content (AvgIpc) is 2.05. The molecule has 0 bridgehead atoms. The molecule has 12 heavy (non-hydrogen) atoms. The highest BCUT2D eigenvalue weighted by molar-refractivity contribution is 6.19. The Labute approximate surface area is 76.1 Å². The molecule has 0 saturated carbocycles. The first-order chi connectivity index (χ1) is 5.79. The Morgan fingerprint density at radius 3 is 2.75 bits per heavy atom. The van der Waals surface area contributed by atoms with Crippen molar-refractivity contribution in [2.24, 2.45) is 0 Å². The standard InChI is InChI=1S/C9H9ClFO/c10-9(11)6-7-12-8-4-2-1-3-5-8/h2-5,9H,6-7H2. The second-order valence-corrected chi connectivity index (χ2v) is 2.74. The molecule has 1 aromatic rings. The fraction of sp³-hybridized carbons (Fsp3) is 0.333. The van der Waals surface area contributed by atoms with Gasteiger partial charge in [0.2, 0.25) is 0 Å². The molecule has 65 valence electrons. The summed E-state index contributed by atoms with van der Waals surface area (Å²) in [6.07, 6.45) is 0.208. The molecule has 1 nitrogen and oxygen atoms in total. The predicted octanol–water partition coefficient (Wildman–Crippen LogP) is 2.79. The number of hydrogen-bond donors (Lipinski definition) is 0. The summed E-state index contributed by atoms with van der Waals surface area (Å²) >= 11 is 5.09. The summed E-state index contributed by atoms with van der Waals surface area (Å²) < 4.78 is 17.3. The zero-order valence-corrected chi connectivity index (χ0v) is 7.22. The SMILES string of the molecule is FC(Cl)CCOc1cc[c]cc1. The van der Waals surface area contributed by atoms with Gasteiger partial charge in [0.15, 0.2) is 5.63 Å². The van der Waals surface area contributed by atoms with E-state index in [-0.39, 0.29) is 6.42 Å². The van der Waals surface area contributed by atoms with E-state index in [0.717, 1.165) is 0 Å². The number of ether oxygens (including phenoxy) is 1. The maximum atomic E-state index is 12.1. The molecule has 0 heterocycles. The highest BCUT2D eigenvalue weighted by atomic mass is 35.5. The van der Waals surface area contributed by atoms with Crippen LogP contribution in [-0.4, -0.2) is 12.2 Å². The molecule has 0 fully saturated rings. The lowest BCUT2D eigenvalue weighted by atomic mass is 10.3. The van der Waals surface area contributed by atoms with Crippen molar-refractivity contribution in [2.75, 3.05) is 6.61 Å². The van der Waals surface area contributed by atoms with Gasteiger partial charge in [-0.2, -0.15) is 0 Å². The van der Waals surface area contributed by atoms with Crippen molar-refractivity contribution in [3.63, 3.8) is 0 Å². The Bertz CT molecular complexity index is 213. The molecular formula is C9H9ClFO. The zero-order chi connectivity index (χ0) is 8.81. The van der Waals surface area contributed by atoms with E-state index in [1.807, 2.05) is 0 Å². The first-order valence-electron chi connectivity index (χ1n) is 3.66. The predicted molar refractivity (Wildman–Crippen MR) is 46.1 cm³/mol. The highest BCUT2D eigenvalue weighted by Crippen LogP contribution is 2.10. The van der Waals surface area contributed by atoms with Crippen LogP contribution in [0.25, 0.3) is 0 Å². The van der Waals surface area contributed by atoms with Crippen LogP contribution in [0.2, 0.25) is 0 Å². The van der Waals surface area contributed by atoms with Crippen molar-refractivity contribution >= 4 is 11.6 Å². The van der Waals surface area contributed by atoms with Crippen molar-refractivity contribution in [1.82, 2.24) is 0 Å². The van der Waals surface area contributed by atoms with Gasteiger partial charge in [0.05, 0.1) is 6.61 Å². The molecule has 0 amide bonds. The Kier molecular flexibility index (Phi) is 3.88. The molecule has 1 radical (unpaired) electrons. The molecule has 1 aromatic carbocycles. The van der Waals surface area contributed by atoms with Crippen LogP contribution in [0.5, 0.6) is 5.75 Å². The van der Waals surface area contributed by atoms with Crippen LogP contribution in [0.1, 0.15) is 6.42 Å². The van der Waals surface area contributed by atoms with E-state index in [9.17, 15) is 4.39 Å². The molecule has 0 aliphatic heterocycles. The van der Waals surface area contributed by atoms with Crippen molar-refractivity contribution in [1.29, 1.82) is 0 Å². The molecule has 0 aromatic heterocycles. The summed E-state index contributed by atoms with van der Waals surface area (Å²) in [5.41, 5.74) is -1.32. The number of benzene rings is 1. The summed E-state index contributed by atoms with van der Waals surface area (Å²) in [6.45, 7) is 0.300. The van der Waals surface area contributed by atoms with Gasteiger partial charge in [0.25, 0.3) is 0 Å². The molecular weight excluding hydrogens is 179 g/mol. The number of alkyl halides is 2. The normalized spacial score (nSPS) is 12.5. The van der Waals surface area contributed by atoms with Gasteiger partial charge in [0.1, 0.15) is 5.75 Å². The Morgan fingerprint density at radius 1 is 1.50 bits per heavy atom. The van der Waals surface area contributed by atoms with Crippen LogP contribution in [0.15, 0.2) is 24.3 Å². The average molecular weight is 188 g/mol. The molecule has 1 unspecified atom stereocenters. The maximum absolute atomic E-state index is 12.1. The highest BCUT2D eigenvalue weighted by Gasteiger charge is 1.99. The minimum atomic E-state index is -1.32. The van der Waals surface area contributed by atoms with E-state index in [2.05, 4.69) is 6.07 Å². The van der Waals surface area contributed by atoms with E-state index in [0.29, 0.717) is 12.4 Å². The first-order valence-corrected chi connectivity index (χ1v) is 4.10. The van der Waals surface area contributed by atoms with Crippen molar-refractivity contribution in [2.45, 2.75) is 12.1 Å². The Hall–Kier alpha value is -0.760. The topological polar surface area (TPSA) is 9.23 Å². The van der Waals surface area contributed by atoms with Crippen LogP contribution >= 0.6 is 11.6 Å². The quantitative estimate of drug-likeness (QED) is 0.659. The molecule has 1 rings (SSSR count). The maximum Gasteiger partial charge on any atom is 0.176 e. The second kappa shape index (κ2) is 4.99. The summed E-state index contributed by atoms with van der Waals surface area (Å²) in [5, 5.41) is 0. The Morgan fingerprint density at radius 2 is 2.17 bits per heavy atom. The van der Waals surface area contributed by atoms with Gasteiger partial charge in [-0.15, -0.1) is 0 Å². The smallest absolute Gasteiger partial charge is 0.176 e. The van der Waals surface area contributed by atoms with Crippen LogP contribution in [0.3, 0.4) is 0 Å². The second-order valence-electron chi connectivity index (χ2n) is 2.26. The van der Waals surface area contributed by atoms with Gasteiger partial charge in [-0.25, -0.2) is 4.39 Å². The molecule has 0 saturated heterocycles. The van der Waals surface area contributed by atoms with Gasteiger partial charge >= 0.3 is 0 Å². The van der Waals surface area contributed by atoms with E-state index in [1.54, 1.807) is 24.3 Å². The lowest BCUT2D eigenvalue weighted by Gasteiger charge is -2.04. The van der Waals surface area contributed by atoms with E-state index in [4.69, 9.17) is 16.3 Å². The number of hydrogen-bond acceptors (Lipinski definition) is 1. The van der Waals surface area contributed by atoms with Crippen molar-refractivity contribution < 1.29 is 9.13 Å². The fourth-order valence-corrected chi connectivity index (χ4v) is 0.823. The zero-order valence-electron chi connectivity index (χ0n) is 6.47. The first kappa shape index (κ1) is 9.33. The van der Waals surface area contributed by atoms with E-state index in [1.165, 1.54) is 0 Å². The molecule has 0 spiro atoms. The third-order valence-electron chi connectivity index (χ3n) is 1.29. The Balaban J connectivity index is 2.25. The van der Waals surface area contributed by atoms with E-state index >= 15 is 0 Å². The minimum Gasteiger partial charge on any atom is -0.493 e. The lowest BCUT2D eigenvalue weighted by molar-refractivity contribution is 0.276. The molecule has 0 N–H and O–H groups in total. The number of halogens is 2. The molecule has 0 aliphatic carbocycles. The lowest BCUT2D eigenvalue weighted by Crippen LogP contribution is -2.01. The monoisotopic (exact) mass is 187 g/mol. The van der Waals surface area contributed by atoms with Gasteiger partial charge in [-0.1, -0.05) is 23.7 Å². The van der Waals surface area contributed by atoms with Crippen LogP contribution in [-0.2, 0) is 0 Å². The molecule has 0 aliphatic rings. The third-order valence-corrected chi connectivity index (χ3v) is 1.51. The summed E-state index contributed by atoms with van der Waals surface area (Å²) in [7, 11) is 0. The van der Waals surface area contributed by atoms with Crippen LogP contribution < -0.4 is 4.74 Å². The largest absolute Gasteiger partial charge is 0.493 e. The van der Waals surface area contributed by atoms with Gasteiger partial charge in [-0.05, 0) is 18.2 Å².